The minimum atomic E-state index is -4.14. The van der Waals surface area contributed by atoms with E-state index in [-0.39, 0.29) is 4.90 Å². The van der Waals surface area contributed by atoms with Crippen molar-refractivity contribution in [2.24, 2.45) is 0 Å². The second-order valence-corrected chi connectivity index (χ2v) is 6.64. The van der Waals surface area contributed by atoms with Crippen molar-refractivity contribution >= 4 is 21.7 Å². The van der Waals surface area contributed by atoms with E-state index in [9.17, 15) is 22.0 Å². The predicted molar refractivity (Wildman–Crippen MR) is 80.0 cm³/mol. The molecule has 2 rings (SSSR count). The van der Waals surface area contributed by atoms with Crippen LogP contribution in [0.2, 0.25) is 0 Å². The van der Waals surface area contributed by atoms with Crippen molar-refractivity contribution < 1.29 is 27.1 Å². The van der Waals surface area contributed by atoms with Gasteiger partial charge in [-0.3, -0.25) is 4.72 Å². The molecule has 23 heavy (non-hydrogen) atoms. The number of rotatable bonds is 4. The first-order valence-electron chi connectivity index (χ1n) is 6.44. The third kappa shape index (κ3) is 3.48. The number of aromatic carboxylic acids is 1. The minimum Gasteiger partial charge on any atom is -0.478 e. The molecule has 0 amide bonds. The van der Waals surface area contributed by atoms with Crippen LogP contribution in [-0.2, 0) is 10.0 Å². The van der Waals surface area contributed by atoms with E-state index in [0.29, 0.717) is 17.7 Å². The lowest BCUT2D eigenvalue weighted by atomic mass is 10.2. The highest BCUT2D eigenvalue weighted by Crippen LogP contribution is 2.24. The number of carboxylic acids is 1. The van der Waals surface area contributed by atoms with E-state index in [0.717, 1.165) is 5.56 Å². The van der Waals surface area contributed by atoms with Gasteiger partial charge in [-0.15, -0.1) is 0 Å². The maximum atomic E-state index is 13.7. The van der Waals surface area contributed by atoms with Gasteiger partial charge in [0.2, 0.25) is 0 Å². The topological polar surface area (TPSA) is 83.5 Å². The van der Waals surface area contributed by atoms with E-state index in [1.165, 1.54) is 6.07 Å². The largest absolute Gasteiger partial charge is 0.478 e. The van der Waals surface area contributed by atoms with Crippen LogP contribution in [0.15, 0.2) is 35.2 Å². The van der Waals surface area contributed by atoms with Crippen LogP contribution in [0.1, 0.15) is 21.5 Å². The van der Waals surface area contributed by atoms with E-state index < -0.39 is 38.9 Å². The molecule has 2 aromatic carbocycles. The Kier molecular flexibility index (Phi) is 4.37. The summed E-state index contributed by atoms with van der Waals surface area (Å²) in [5.41, 5.74) is -0.172. The molecule has 5 nitrogen and oxygen atoms in total. The van der Waals surface area contributed by atoms with Crippen molar-refractivity contribution in [3.05, 3.63) is 58.7 Å². The molecule has 0 aromatic heterocycles. The number of hydrogen-bond acceptors (Lipinski definition) is 3. The van der Waals surface area contributed by atoms with Crippen LogP contribution < -0.4 is 4.72 Å². The predicted octanol–water partition coefficient (Wildman–Crippen LogP) is 3.08. The summed E-state index contributed by atoms with van der Waals surface area (Å²) in [6, 6.07) is 5.49. The number of carbonyl (C=O) groups is 1. The summed E-state index contributed by atoms with van der Waals surface area (Å²) >= 11 is 0. The Hall–Kier alpha value is -2.48. The number of carboxylic acid groups (broad SMARTS) is 1. The standard InChI is InChI=1S/C15H13F2NO4S/c1-8-3-4-14(9(2)5-8)23(21,22)18-13-6-10(15(19)20)11(16)7-12(13)17/h3-7,18H,1-2H3,(H,19,20). The number of anilines is 1. The van der Waals surface area contributed by atoms with Gasteiger partial charge in [0.1, 0.15) is 11.6 Å². The van der Waals surface area contributed by atoms with Crippen LogP contribution in [0.5, 0.6) is 0 Å². The van der Waals surface area contributed by atoms with E-state index in [1.807, 2.05) is 4.72 Å². The van der Waals surface area contributed by atoms with Gasteiger partial charge in [0.25, 0.3) is 10.0 Å². The molecular weight excluding hydrogens is 328 g/mol. The minimum absolute atomic E-state index is 0.0799. The molecule has 0 bridgehead atoms. The van der Waals surface area contributed by atoms with E-state index in [1.54, 1.807) is 26.0 Å². The van der Waals surface area contributed by atoms with Gasteiger partial charge in [0.05, 0.1) is 16.1 Å². The average Bonchev–Trinajstić information content (AvgIpc) is 2.40. The van der Waals surface area contributed by atoms with Crippen LogP contribution >= 0.6 is 0 Å². The Labute approximate surface area is 131 Å². The maximum absolute atomic E-state index is 13.7. The summed E-state index contributed by atoms with van der Waals surface area (Å²) in [5, 5.41) is 8.83. The van der Waals surface area contributed by atoms with E-state index >= 15 is 0 Å². The van der Waals surface area contributed by atoms with Crippen LogP contribution in [0.3, 0.4) is 0 Å². The lowest BCUT2D eigenvalue weighted by Gasteiger charge is -2.12. The van der Waals surface area contributed by atoms with E-state index in [4.69, 9.17) is 5.11 Å². The monoisotopic (exact) mass is 341 g/mol. The number of aryl methyl sites for hydroxylation is 2. The highest BCUT2D eigenvalue weighted by molar-refractivity contribution is 7.92. The number of nitrogens with one attached hydrogen (secondary N) is 1. The third-order valence-electron chi connectivity index (χ3n) is 3.15. The SMILES string of the molecule is Cc1ccc(S(=O)(=O)Nc2cc(C(=O)O)c(F)cc2F)c(C)c1. The Morgan fingerprint density at radius 2 is 1.74 bits per heavy atom. The molecule has 0 saturated carbocycles. The molecule has 0 spiro atoms. The molecular formula is C15H13F2NO4S. The van der Waals surface area contributed by atoms with Gasteiger partial charge in [-0.1, -0.05) is 17.7 Å². The molecule has 122 valence electrons. The van der Waals surface area contributed by atoms with Gasteiger partial charge in [0.15, 0.2) is 0 Å². The van der Waals surface area contributed by atoms with Crippen molar-refractivity contribution in [3.63, 3.8) is 0 Å². The van der Waals surface area contributed by atoms with Gasteiger partial charge in [-0.05, 0) is 31.5 Å². The first-order valence-corrected chi connectivity index (χ1v) is 7.92. The third-order valence-corrected chi connectivity index (χ3v) is 4.68. The molecule has 0 atom stereocenters. The molecule has 0 unspecified atom stereocenters. The molecule has 0 aliphatic heterocycles. The van der Waals surface area contributed by atoms with Gasteiger partial charge in [0, 0.05) is 6.07 Å². The summed E-state index contributed by atoms with van der Waals surface area (Å²) in [4.78, 5) is 10.8. The zero-order valence-corrected chi connectivity index (χ0v) is 13.0. The Bertz CT molecular complexity index is 895. The van der Waals surface area contributed by atoms with Gasteiger partial charge >= 0.3 is 5.97 Å². The van der Waals surface area contributed by atoms with Crippen molar-refractivity contribution in [2.45, 2.75) is 18.7 Å². The maximum Gasteiger partial charge on any atom is 0.338 e. The number of hydrogen-bond donors (Lipinski definition) is 2. The molecule has 8 heteroatoms. The summed E-state index contributed by atoms with van der Waals surface area (Å²) in [6.45, 7) is 3.36. The average molecular weight is 341 g/mol. The first-order chi connectivity index (χ1) is 10.6. The molecule has 0 fully saturated rings. The summed E-state index contributed by atoms with van der Waals surface area (Å²) in [6.07, 6.45) is 0. The fourth-order valence-corrected chi connectivity index (χ4v) is 3.38. The fraction of sp³-hybridized carbons (Fsp3) is 0.133. The second-order valence-electron chi connectivity index (χ2n) is 4.99. The molecule has 0 radical (unpaired) electrons. The smallest absolute Gasteiger partial charge is 0.338 e. The van der Waals surface area contributed by atoms with Crippen molar-refractivity contribution in [1.29, 1.82) is 0 Å². The molecule has 0 aliphatic carbocycles. The Balaban J connectivity index is 2.49. The molecule has 2 N–H and O–H groups in total. The summed E-state index contributed by atoms with van der Waals surface area (Å²) in [7, 11) is -4.14. The Morgan fingerprint density at radius 1 is 1.09 bits per heavy atom. The lowest BCUT2D eigenvalue weighted by molar-refractivity contribution is 0.0692. The highest BCUT2D eigenvalue weighted by Gasteiger charge is 2.21. The first kappa shape index (κ1) is 16.9. The second kappa shape index (κ2) is 5.96. The van der Waals surface area contributed by atoms with Crippen LogP contribution in [0.4, 0.5) is 14.5 Å². The summed E-state index contributed by atoms with van der Waals surface area (Å²) in [5.74, 6) is -4.13. The van der Waals surface area contributed by atoms with Crippen molar-refractivity contribution in [1.82, 2.24) is 0 Å². The molecule has 0 saturated heterocycles. The van der Waals surface area contributed by atoms with Gasteiger partial charge in [-0.25, -0.2) is 22.0 Å². The van der Waals surface area contributed by atoms with Crippen LogP contribution in [0.25, 0.3) is 0 Å². The van der Waals surface area contributed by atoms with E-state index in [2.05, 4.69) is 0 Å². The number of sulfonamides is 1. The highest BCUT2D eigenvalue weighted by atomic mass is 32.2. The molecule has 2 aromatic rings. The van der Waals surface area contributed by atoms with Crippen LogP contribution in [0, 0.1) is 25.5 Å². The van der Waals surface area contributed by atoms with Crippen molar-refractivity contribution in [3.8, 4) is 0 Å². The number of benzene rings is 2. The fourth-order valence-electron chi connectivity index (χ4n) is 2.09. The molecule has 0 aliphatic rings. The quantitative estimate of drug-likeness (QED) is 0.895. The Morgan fingerprint density at radius 3 is 2.30 bits per heavy atom. The van der Waals surface area contributed by atoms with Gasteiger partial charge < -0.3 is 5.11 Å². The van der Waals surface area contributed by atoms with Crippen LogP contribution in [-0.4, -0.2) is 19.5 Å². The number of halogens is 2. The molecule has 0 heterocycles. The zero-order valence-electron chi connectivity index (χ0n) is 12.2. The van der Waals surface area contributed by atoms with Gasteiger partial charge in [-0.2, -0.15) is 0 Å². The normalized spacial score (nSPS) is 11.3. The zero-order chi connectivity index (χ0) is 17.4. The van der Waals surface area contributed by atoms with Crippen molar-refractivity contribution in [2.75, 3.05) is 4.72 Å². The summed E-state index contributed by atoms with van der Waals surface area (Å²) < 4.78 is 53.7. The lowest BCUT2D eigenvalue weighted by Crippen LogP contribution is -2.16.